The fourth-order valence-electron chi connectivity index (χ4n) is 5.26. The molecule has 2 atom stereocenters. The van der Waals surface area contributed by atoms with Crippen LogP contribution in [0.3, 0.4) is 0 Å². The molecular formula is C26H40N6O4. The number of hydrogen-bond acceptors (Lipinski definition) is 9. The van der Waals surface area contributed by atoms with E-state index in [9.17, 15) is 4.79 Å². The molecule has 10 nitrogen and oxygen atoms in total. The molecule has 1 saturated heterocycles. The molecule has 2 aromatic heterocycles. The fraction of sp³-hybridized carbons (Fsp3) is 0.692. The van der Waals surface area contributed by atoms with E-state index in [1.165, 1.54) is 32.1 Å². The van der Waals surface area contributed by atoms with E-state index in [0.29, 0.717) is 17.8 Å². The maximum absolute atomic E-state index is 11.9. The van der Waals surface area contributed by atoms with Gasteiger partial charge in [-0.15, -0.1) is 0 Å². The molecule has 10 heteroatoms. The summed E-state index contributed by atoms with van der Waals surface area (Å²) in [5.41, 5.74) is 2.49. The second kappa shape index (κ2) is 13.7. The molecule has 3 heterocycles. The number of amides is 1. The van der Waals surface area contributed by atoms with Gasteiger partial charge in [-0.1, -0.05) is 50.1 Å². The first kappa shape index (κ1) is 26.5. The number of aromatic nitrogens is 3. The van der Waals surface area contributed by atoms with E-state index in [1.807, 2.05) is 12.1 Å². The summed E-state index contributed by atoms with van der Waals surface area (Å²) in [6.45, 7) is 6.49. The minimum atomic E-state index is -0.444. The van der Waals surface area contributed by atoms with Gasteiger partial charge in [-0.05, 0) is 31.4 Å². The number of carbonyl (C=O) groups is 1. The van der Waals surface area contributed by atoms with Crippen molar-refractivity contribution in [3.63, 3.8) is 0 Å². The molecule has 2 aliphatic rings. The van der Waals surface area contributed by atoms with E-state index in [4.69, 9.17) is 14.5 Å². The van der Waals surface area contributed by atoms with Gasteiger partial charge in [0.1, 0.15) is 5.82 Å². The molecule has 0 spiro atoms. The third kappa shape index (κ3) is 7.72. The van der Waals surface area contributed by atoms with Gasteiger partial charge in [-0.2, -0.15) is 4.98 Å². The van der Waals surface area contributed by atoms with Gasteiger partial charge in [0.15, 0.2) is 0 Å². The van der Waals surface area contributed by atoms with E-state index in [2.05, 4.69) is 32.3 Å². The number of morpholine rings is 1. The number of nitrogens with one attached hydrogen (secondary N) is 2. The van der Waals surface area contributed by atoms with Crippen LogP contribution in [0.25, 0.3) is 11.4 Å². The van der Waals surface area contributed by atoms with Crippen LogP contribution in [-0.4, -0.2) is 70.0 Å². The Hall–Kier alpha value is -2.56. The minimum Gasteiger partial charge on any atom is -0.379 e. The smallest absolute Gasteiger partial charge is 0.244 e. The summed E-state index contributed by atoms with van der Waals surface area (Å²) < 4.78 is 11.0. The van der Waals surface area contributed by atoms with Gasteiger partial charge in [-0.3, -0.25) is 14.9 Å². The largest absolute Gasteiger partial charge is 0.379 e. The van der Waals surface area contributed by atoms with Crippen molar-refractivity contribution in [1.82, 2.24) is 25.5 Å². The van der Waals surface area contributed by atoms with Crippen LogP contribution in [0.1, 0.15) is 76.5 Å². The van der Waals surface area contributed by atoms with Crippen LogP contribution < -0.4 is 10.8 Å². The molecule has 1 saturated carbocycles. The molecule has 4 rings (SSSR count). The molecule has 198 valence electrons. The third-order valence-corrected chi connectivity index (χ3v) is 7.51. The van der Waals surface area contributed by atoms with Crippen molar-refractivity contribution < 1.29 is 19.3 Å². The number of hydroxylamine groups is 1. The Bertz CT molecular complexity index is 925. The molecule has 1 aliphatic carbocycles. The Kier molecular flexibility index (Phi) is 10.1. The van der Waals surface area contributed by atoms with Crippen molar-refractivity contribution in [2.24, 2.45) is 5.92 Å². The van der Waals surface area contributed by atoms with Crippen LogP contribution in [0.5, 0.6) is 0 Å². The Balaban J connectivity index is 1.32. The van der Waals surface area contributed by atoms with Crippen molar-refractivity contribution in [2.75, 3.05) is 38.2 Å². The van der Waals surface area contributed by atoms with Crippen LogP contribution in [0, 0.1) is 5.92 Å². The standard InChI is InChI=1S/C26H40N6O4/c1-19(32-12-14-35-15-13-32)17-27-23-11-10-22(18-28-23)25-29-26(36-31-25)21(16-24(33)30-34)9-5-8-20-6-3-2-4-7-20/h10-11,18-21,34H,2-9,12-17H2,1H3,(H,27,28)(H,30,33). The van der Waals surface area contributed by atoms with Gasteiger partial charge in [0.25, 0.3) is 0 Å². The van der Waals surface area contributed by atoms with Gasteiger partial charge >= 0.3 is 0 Å². The monoisotopic (exact) mass is 500 g/mol. The van der Waals surface area contributed by atoms with Gasteiger partial charge < -0.3 is 14.6 Å². The summed E-state index contributed by atoms with van der Waals surface area (Å²) in [6.07, 6.45) is 11.4. The van der Waals surface area contributed by atoms with Crippen LogP contribution in [0.4, 0.5) is 5.82 Å². The zero-order valence-corrected chi connectivity index (χ0v) is 21.3. The Morgan fingerprint density at radius 3 is 2.75 bits per heavy atom. The first-order chi connectivity index (χ1) is 17.6. The Morgan fingerprint density at radius 1 is 1.22 bits per heavy atom. The number of ether oxygens (including phenoxy) is 1. The molecular weight excluding hydrogens is 460 g/mol. The average molecular weight is 501 g/mol. The highest BCUT2D eigenvalue weighted by Gasteiger charge is 2.24. The first-order valence-electron chi connectivity index (χ1n) is 13.4. The summed E-state index contributed by atoms with van der Waals surface area (Å²) >= 11 is 0. The predicted octanol–water partition coefficient (Wildman–Crippen LogP) is 3.99. The SMILES string of the molecule is CC(CNc1ccc(-c2noc(C(CCCC3CCCCC3)CC(=O)NO)n2)cn1)N1CCOCC1. The first-order valence-corrected chi connectivity index (χ1v) is 13.4. The van der Waals surface area contributed by atoms with Crippen LogP contribution in [0.15, 0.2) is 22.9 Å². The molecule has 1 aliphatic heterocycles. The summed E-state index contributed by atoms with van der Waals surface area (Å²) in [6, 6.07) is 4.22. The van der Waals surface area contributed by atoms with Crippen LogP contribution in [-0.2, 0) is 9.53 Å². The predicted molar refractivity (Wildman–Crippen MR) is 136 cm³/mol. The van der Waals surface area contributed by atoms with E-state index in [1.54, 1.807) is 11.7 Å². The summed E-state index contributed by atoms with van der Waals surface area (Å²) in [4.78, 5) is 23.4. The van der Waals surface area contributed by atoms with Crippen molar-refractivity contribution in [3.8, 4) is 11.4 Å². The molecule has 3 N–H and O–H groups in total. The highest BCUT2D eigenvalue weighted by molar-refractivity contribution is 5.75. The quantitative estimate of drug-likeness (QED) is 0.293. The highest BCUT2D eigenvalue weighted by atomic mass is 16.5. The van der Waals surface area contributed by atoms with Crippen molar-refractivity contribution in [1.29, 1.82) is 0 Å². The summed E-state index contributed by atoms with van der Waals surface area (Å²) in [5, 5.41) is 16.6. The van der Waals surface area contributed by atoms with E-state index in [-0.39, 0.29) is 12.3 Å². The van der Waals surface area contributed by atoms with Crippen molar-refractivity contribution >= 4 is 11.7 Å². The van der Waals surface area contributed by atoms with E-state index < -0.39 is 5.91 Å². The highest BCUT2D eigenvalue weighted by Crippen LogP contribution is 2.31. The molecule has 0 aromatic carbocycles. The number of pyridine rings is 1. The number of hydrogen-bond donors (Lipinski definition) is 3. The minimum absolute atomic E-state index is 0.116. The lowest BCUT2D eigenvalue weighted by atomic mass is 9.84. The molecule has 36 heavy (non-hydrogen) atoms. The van der Waals surface area contributed by atoms with Crippen molar-refractivity contribution in [2.45, 2.75) is 76.7 Å². The topological polar surface area (TPSA) is 126 Å². The number of anilines is 1. The van der Waals surface area contributed by atoms with E-state index >= 15 is 0 Å². The lowest BCUT2D eigenvalue weighted by molar-refractivity contribution is -0.129. The second-order valence-electron chi connectivity index (χ2n) is 10.1. The lowest BCUT2D eigenvalue weighted by Crippen LogP contribution is -2.45. The molecule has 2 aromatic rings. The third-order valence-electron chi connectivity index (χ3n) is 7.51. The van der Waals surface area contributed by atoms with E-state index in [0.717, 1.165) is 69.4 Å². The fourth-order valence-corrected chi connectivity index (χ4v) is 5.26. The van der Waals surface area contributed by atoms with Crippen LogP contribution >= 0.6 is 0 Å². The molecule has 0 bridgehead atoms. The molecule has 2 unspecified atom stereocenters. The van der Waals surface area contributed by atoms with Gasteiger partial charge in [0, 0.05) is 49.8 Å². The Morgan fingerprint density at radius 2 is 2.03 bits per heavy atom. The summed E-state index contributed by atoms with van der Waals surface area (Å²) in [5.74, 6) is 1.78. The van der Waals surface area contributed by atoms with Gasteiger partial charge in [0.05, 0.1) is 13.2 Å². The maximum Gasteiger partial charge on any atom is 0.244 e. The van der Waals surface area contributed by atoms with Crippen LogP contribution in [0.2, 0.25) is 0 Å². The second-order valence-corrected chi connectivity index (χ2v) is 10.1. The zero-order chi connectivity index (χ0) is 25.2. The van der Waals surface area contributed by atoms with Gasteiger partial charge in [-0.25, -0.2) is 10.5 Å². The normalized spacial score (nSPS) is 19.1. The number of rotatable bonds is 12. The van der Waals surface area contributed by atoms with Gasteiger partial charge in [0.2, 0.25) is 17.6 Å². The number of nitrogens with zero attached hydrogens (tertiary/aromatic N) is 4. The molecule has 0 radical (unpaired) electrons. The molecule has 2 fully saturated rings. The van der Waals surface area contributed by atoms with Crippen molar-refractivity contribution in [3.05, 3.63) is 24.2 Å². The molecule has 1 amide bonds. The Labute approximate surface area is 213 Å². The maximum atomic E-state index is 11.9. The number of carbonyl (C=O) groups excluding carboxylic acids is 1. The zero-order valence-electron chi connectivity index (χ0n) is 21.3. The average Bonchev–Trinajstić information content (AvgIpc) is 3.43. The lowest BCUT2D eigenvalue weighted by Gasteiger charge is -2.32. The summed E-state index contributed by atoms with van der Waals surface area (Å²) in [7, 11) is 0.